The molecule has 1 aromatic carbocycles. The standard InChI is InChI=1S/C46H67N5O10/c1-29(2)42-45(58)47-37(26-34-21-19-30(3)39(54)27-34)46(59)50-23-13-15-35(49-50)28-60-40(31(4)14-12-18-41(55)51-24-10-11-25-61-51)17-9-7-8-16-38(53)33(6)43(56)36(44(57)48-42)22-20-32(5)52/h7-9,12,14,16,18-19,21,27,29,33,35-38,40,42-43,49,53-54,56H,10-11,13,15,17,20,22-26,28H2,1-6H3,(H,47,58)(H,48,57). The van der Waals surface area contributed by atoms with Gasteiger partial charge in [0.15, 0.2) is 0 Å². The second kappa shape index (κ2) is 24.1. The van der Waals surface area contributed by atoms with Gasteiger partial charge in [-0.1, -0.05) is 69.4 Å². The number of aliphatic hydroxyl groups excluding tert-OH is 2. The van der Waals surface area contributed by atoms with Gasteiger partial charge >= 0.3 is 0 Å². The lowest BCUT2D eigenvalue weighted by Crippen LogP contribution is -2.61. The molecule has 8 atom stereocenters. The van der Waals surface area contributed by atoms with Crippen LogP contribution < -0.4 is 16.1 Å². The van der Waals surface area contributed by atoms with Gasteiger partial charge in [0.05, 0.1) is 37.4 Å². The first-order chi connectivity index (χ1) is 29.0. The molecule has 8 unspecified atom stereocenters. The summed E-state index contributed by atoms with van der Waals surface area (Å²) in [6.45, 7) is 11.8. The Bertz CT molecular complexity index is 1790. The van der Waals surface area contributed by atoms with E-state index in [2.05, 4.69) is 16.1 Å². The van der Waals surface area contributed by atoms with E-state index in [-0.39, 0.29) is 49.4 Å². The van der Waals surface area contributed by atoms with Crippen molar-refractivity contribution >= 4 is 29.4 Å². The van der Waals surface area contributed by atoms with Crippen molar-refractivity contribution in [1.29, 1.82) is 0 Å². The van der Waals surface area contributed by atoms with Crippen LogP contribution in [0.25, 0.3) is 0 Å². The minimum absolute atomic E-state index is 0.00502. The van der Waals surface area contributed by atoms with Crippen molar-refractivity contribution in [3.8, 4) is 5.75 Å². The molecule has 6 N–H and O–H groups in total. The number of carbonyl (C=O) groups excluding carboxylic acids is 5. The molecule has 15 nitrogen and oxygen atoms in total. The fourth-order valence-corrected chi connectivity index (χ4v) is 7.48. The number of hydrogen-bond donors (Lipinski definition) is 6. The number of phenolic OH excluding ortho intramolecular Hbond substituents is 1. The Kier molecular flexibility index (Phi) is 19.4. The van der Waals surface area contributed by atoms with Crippen LogP contribution >= 0.6 is 0 Å². The molecule has 0 aliphatic carbocycles. The Hall–Kier alpha value is -4.67. The second-order valence-corrected chi connectivity index (χ2v) is 16.9. The fourth-order valence-electron chi connectivity index (χ4n) is 7.48. The monoisotopic (exact) mass is 849 g/mol. The molecule has 1 aromatic rings. The van der Waals surface area contributed by atoms with E-state index in [1.807, 2.05) is 19.1 Å². The zero-order valence-corrected chi connectivity index (χ0v) is 36.5. The third-order valence-electron chi connectivity index (χ3n) is 11.5. The number of rotatable bonds is 9. The number of carbonyl (C=O) groups is 5. The van der Waals surface area contributed by atoms with Crippen molar-refractivity contribution in [2.75, 3.05) is 26.3 Å². The number of benzene rings is 1. The Balaban J connectivity index is 1.68. The predicted octanol–water partition coefficient (Wildman–Crippen LogP) is 3.67. The molecule has 0 spiro atoms. The van der Waals surface area contributed by atoms with E-state index in [0.29, 0.717) is 50.1 Å². The van der Waals surface area contributed by atoms with Gasteiger partial charge in [-0.2, -0.15) is 0 Å². The molecule has 0 saturated carbocycles. The molecular formula is C46H67N5O10. The number of allylic oxidation sites excluding steroid dienone is 4. The van der Waals surface area contributed by atoms with Crippen LogP contribution in [-0.2, 0) is 40.0 Å². The van der Waals surface area contributed by atoms with Crippen molar-refractivity contribution < 1.29 is 48.9 Å². The summed E-state index contributed by atoms with van der Waals surface area (Å²) in [5.41, 5.74) is 5.41. The first-order valence-corrected chi connectivity index (χ1v) is 21.6. The molecule has 0 aromatic heterocycles. The number of hydrogen-bond acceptors (Lipinski definition) is 11. The van der Waals surface area contributed by atoms with Gasteiger partial charge in [-0.3, -0.25) is 29.0 Å². The zero-order valence-electron chi connectivity index (χ0n) is 36.5. The van der Waals surface area contributed by atoms with Gasteiger partial charge in [-0.05, 0) is 88.0 Å². The number of nitrogens with zero attached hydrogens (tertiary/aromatic N) is 2. The van der Waals surface area contributed by atoms with Gasteiger partial charge in [0.1, 0.15) is 23.6 Å². The zero-order chi connectivity index (χ0) is 44.6. The van der Waals surface area contributed by atoms with Gasteiger partial charge in [0, 0.05) is 44.0 Å². The summed E-state index contributed by atoms with van der Waals surface area (Å²) in [6, 6.07) is 2.57. The molecule has 61 heavy (non-hydrogen) atoms. The van der Waals surface area contributed by atoms with E-state index >= 15 is 0 Å². The van der Waals surface area contributed by atoms with E-state index in [4.69, 9.17) is 9.57 Å². The minimum Gasteiger partial charge on any atom is -0.508 e. The molecule has 336 valence electrons. The lowest BCUT2D eigenvalue weighted by atomic mass is 9.84. The third-order valence-corrected chi connectivity index (χ3v) is 11.5. The van der Waals surface area contributed by atoms with E-state index in [1.54, 1.807) is 64.1 Å². The predicted molar refractivity (Wildman–Crippen MR) is 230 cm³/mol. The van der Waals surface area contributed by atoms with Crippen LogP contribution in [0.5, 0.6) is 5.75 Å². The van der Waals surface area contributed by atoms with Crippen LogP contribution in [0.3, 0.4) is 0 Å². The Morgan fingerprint density at radius 3 is 2.48 bits per heavy atom. The first-order valence-electron chi connectivity index (χ1n) is 21.6. The maximum Gasteiger partial charge on any atom is 0.270 e. The highest BCUT2D eigenvalue weighted by atomic mass is 16.7. The molecule has 3 aliphatic rings. The number of amides is 4. The van der Waals surface area contributed by atoms with Crippen molar-refractivity contribution in [1.82, 2.24) is 26.1 Å². The number of aliphatic hydroxyl groups is 2. The number of aromatic hydroxyl groups is 1. The van der Waals surface area contributed by atoms with Gasteiger partial charge in [0.25, 0.3) is 11.8 Å². The largest absolute Gasteiger partial charge is 0.508 e. The number of ketones is 1. The van der Waals surface area contributed by atoms with Gasteiger partial charge in [0.2, 0.25) is 11.8 Å². The van der Waals surface area contributed by atoms with E-state index in [9.17, 15) is 39.3 Å². The summed E-state index contributed by atoms with van der Waals surface area (Å²) in [7, 11) is 0. The molecule has 4 rings (SSSR count). The number of hydroxylamine groups is 2. The molecule has 2 saturated heterocycles. The highest BCUT2D eigenvalue weighted by Gasteiger charge is 2.38. The van der Waals surface area contributed by atoms with Crippen LogP contribution in [0.15, 0.2) is 66.3 Å². The molecular weight excluding hydrogens is 783 g/mol. The van der Waals surface area contributed by atoms with Crippen LogP contribution in [-0.4, -0.2) is 118 Å². The normalized spacial score (nSPS) is 28.3. The maximum absolute atomic E-state index is 14.4. The van der Waals surface area contributed by atoms with Crippen LogP contribution in [0, 0.1) is 24.7 Å². The van der Waals surface area contributed by atoms with E-state index in [0.717, 1.165) is 18.4 Å². The SMILES string of the molecule is CC(=O)CCC1C(=O)NC(C(C)C)C(=O)NC(Cc2ccc(C)c(O)c2)C(=O)N2CCCC(COC(C(C)=CC=CC(=O)N3CCCCO3)CC=CC=CC(O)C(C)C1O)N2. The van der Waals surface area contributed by atoms with Crippen LogP contribution in [0.2, 0.25) is 0 Å². The summed E-state index contributed by atoms with van der Waals surface area (Å²) in [5, 5.41) is 41.7. The number of Topliss-reactive ketones (excluding diaryl/α,β-unsaturated/α-hetero) is 1. The number of hydrazine groups is 1. The summed E-state index contributed by atoms with van der Waals surface area (Å²) in [4.78, 5) is 72.7. The Morgan fingerprint density at radius 1 is 1.02 bits per heavy atom. The maximum atomic E-state index is 14.4. The van der Waals surface area contributed by atoms with Gasteiger partial charge in [-0.25, -0.2) is 10.5 Å². The summed E-state index contributed by atoms with van der Waals surface area (Å²) in [5.74, 6) is -4.50. The molecule has 15 heteroatoms. The van der Waals surface area contributed by atoms with E-state index < -0.39 is 65.9 Å². The highest BCUT2D eigenvalue weighted by Crippen LogP contribution is 2.24. The van der Waals surface area contributed by atoms with Crippen LogP contribution in [0.4, 0.5) is 0 Å². The highest BCUT2D eigenvalue weighted by molar-refractivity contribution is 5.93. The number of ether oxygens (including phenoxy) is 1. The van der Waals surface area contributed by atoms with Crippen molar-refractivity contribution in [3.63, 3.8) is 0 Å². The molecule has 3 aliphatic heterocycles. The number of aryl methyl sites for hydroxylation is 1. The Morgan fingerprint density at radius 2 is 1.79 bits per heavy atom. The minimum atomic E-state index is -1.38. The molecule has 2 fully saturated rings. The summed E-state index contributed by atoms with van der Waals surface area (Å²) < 4.78 is 6.49. The first kappa shape index (κ1) is 49.0. The van der Waals surface area contributed by atoms with Crippen LogP contribution in [0.1, 0.15) is 90.7 Å². The average Bonchev–Trinajstić information content (AvgIpc) is 3.23. The molecule has 0 radical (unpaired) electrons. The van der Waals surface area contributed by atoms with Gasteiger partial charge < -0.3 is 35.5 Å². The topological polar surface area (TPSA) is 207 Å². The second-order valence-electron chi connectivity index (χ2n) is 16.9. The van der Waals surface area contributed by atoms with Gasteiger partial charge in [-0.15, -0.1) is 0 Å². The van der Waals surface area contributed by atoms with Crippen molar-refractivity contribution in [2.45, 2.75) is 129 Å². The number of nitrogens with one attached hydrogen (secondary N) is 3. The quantitative estimate of drug-likeness (QED) is 0.156. The van der Waals surface area contributed by atoms with Crippen molar-refractivity contribution in [3.05, 3.63) is 77.4 Å². The molecule has 2 bridgehead atoms. The summed E-state index contributed by atoms with van der Waals surface area (Å²) >= 11 is 0. The molecule has 4 amide bonds. The lowest BCUT2D eigenvalue weighted by molar-refractivity contribution is -0.191. The number of phenols is 1. The Labute approximate surface area is 360 Å². The average molecular weight is 850 g/mol. The summed E-state index contributed by atoms with van der Waals surface area (Å²) in [6.07, 6.45) is 12.4. The molecule has 3 heterocycles. The smallest absolute Gasteiger partial charge is 0.270 e. The van der Waals surface area contributed by atoms with E-state index in [1.165, 1.54) is 29.1 Å². The fraction of sp³-hybridized carbons (Fsp3) is 0.587. The lowest BCUT2D eigenvalue weighted by Gasteiger charge is -2.37. The third kappa shape index (κ3) is 15.0. The number of fused-ring (bicyclic) bond motifs is 2. The van der Waals surface area contributed by atoms with Crippen molar-refractivity contribution in [2.24, 2.45) is 17.8 Å².